The van der Waals surface area contributed by atoms with Crippen LogP contribution in [0.5, 0.6) is 0 Å². The van der Waals surface area contributed by atoms with Gasteiger partial charge in [0, 0.05) is 17.7 Å². The monoisotopic (exact) mass is 226 g/mol. The summed E-state index contributed by atoms with van der Waals surface area (Å²) in [5.74, 6) is 6.24. The summed E-state index contributed by atoms with van der Waals surface area (Å²) in [6.07, 6.45) is 2.27. The molecular weight excluding hydrogens is 212 g/mol. The van der Waals surface area contributed by atoms with E-state index >= 15 is 0 Å². The Morgan fingerprint density at radius 3 is 2.41 bits per heavy atom. The molecule has 0 unspecified atom stereocenters. The molecule has 2 aromatic rings. The van der Waals surface area contributed by atoms with Gasteiger partial charge in [0.05, 0.1) is 0 Å². The average molecular weight is 226 g/mol. The standard InChI is InChI=1S/C14H14N2O/c15-16-13(11-6-7-11)8-12(9-14(16)17)10-4-2-1-3-5-10/h1-5,8-9,11H,6-7,15H2. The summed E-state index contributed by atoms with van der Waals surface area (Å²) in [5, 5.41) is 0. The van der Waals surface area contributed by atoms with Gasteiger partial charge in [-0.25, -0.2) is 4.68 Å². The van der Waals surface area contributed by atoms with Crippen LogP contribution in [0, 0.1) is 0 Å². The van der Waals surface area contributed by atoms with Crippen molar-refractivity contribution in [3.63, 3.8) is 0 Å². The highest BCUT2D eigenvalue weighted by atomic mass is 16.1. The molecule has 2 N–H and O–H groups in total. The second-order valence-electron chi connectivity index (χ2n) is 4.52. The van der Waals surface area contributed by atoms with Crippen molar-refractivity contribution in [3.05, 3.63) is 58.5 Å². The van der Waals surface area contributed by atoms with Gasteiger partial charge in [-0.2, -0.15) is 0 Å². The number of rotatable bonds is 2. The lowest BCUT2D eigenvalue weighted by molar-refractivity contribution is 0.831. The second kappa shape index (κ2) is 3.77. The third-order valence-electron chi connectivity index (χ3n) is 3.20. The molecule has 0 atom stereocenters. The van der Waals surface area contributed by atoms with Crippen LogP contribution in [0.2, 0.25) is 0 Å². The van der Waals surface area contributed by atoms with E-state index < -0.39 is 0 Å². The molecule has 0 aliphatic heterocycles. The van der Waals surface area contributed by atoms with Gasteiger partial charge >= 0.3 is 0 Å². The molecule has 0 radical (unpaired) electrons. The van der Waals surface area contributed by atoms with E-state index in [-0.39, 0.29) is 5.56 Å². The Kier molecular flexibility index (Phi) is 2.25. The van der Waals surface area contributed by atoms with Crippen molar-refractivity contribution in [2.75, 3.05) is 5.84 Å². The number of hydrogen-bond acceptors (Lipinski definition) is 2. The SMILES string of the molecule is Nn1c(C2CC2)cc(-c2ccccc2)cc1=O. The molecule has 0 spiro atoms. The van der Waals surface area contributed by atoms with Crippen LogP contribution in [0.4, 0.5) is 0 Å². The predicted molar refractivity (Wildman–Crippen MR) is 68.3 cm³/mol. The Balaban J connectivity index is 2.15. The third kappa shape index (κ3) is 1.84. The number of nitrogen functional groups attached to an aromatic ring is 1. The lowest BCUT2D eigenvalue weighted by Gasteiger charge is -2.09. The van der Waals surface area contributed by atoms with Crippen LogP contribution < -0.4 is 11.4 Å². The van der Waals surface area contributed by atoms with Gasteiger partial charge < -0.3 is 5.84 Å². The van der Waals surface area contributed by atoms with Crippen molar-refractivity contribution < 1.29 is 0 Å². The van der Waals surface area contributed by atoms with Crippen LogP contribution in [-0.4, -0.2) is 4.68 Å². The molecule has 0 amide bonds. The van der Waals surface area contributed by atoms with E-state index in [1.165, 1.54) is 4.68 Å². The zero-order valence-electron chi connectivity index (χ0n) is 9.47. The Morgan fingerprint density at radius 2 is 1.76 bits per heavy atom. The van der Waals surface area contributed by atoms with Crippen LogP contribution in [0.3, 0.4) is 0 Å². The molecule has 3 heteroatoms. The second-order valence-corrected chi connectivity index (χ2v) is 4.52. The largest absolute Gasteiger partial charge is 0.336 e. The Bertz CT molecular complexity index is 597. The molecule has 1 heterocycles. The Labute approximate surface area is 99.5 Å². The smallest absolute Gasteiger partial charge is 0.269 e. The van der Waals surface area contributed by atoms with Crippen LogP contribution in [0.25, 0.3) is 11.1 Å². The molecule has 1 aromatic heterocycles. The van der Waals surface area contributed by atoms with Crippen LogP contribution in [0.1, 0.15) is 24.5 Å². The van der Waals surface area contributed by atoms with Gasteiger partial charge in [0.1, 0.15) is 0 Å². The summed E-state index contributed by atoms with van der Waals surface area (Å²) in [6.45, 7) is 0. The minimum Gasteiger partial charge on any atom is -0.336 e. The summed E-state index contributed by atoms with van der Waals surface area (Å²) in [5.41, 5.74) is 2.84. The molecule has 1 aromatic carbocycles. The fraction of sp³-hybridized carbons (Fsp3) is 0.214. The first-order valence-electron chi connectivity index (χ1n) is 5.83. The molecule has 3 rings (SSSR count). The van der Waals surface area contributed by atoms with Crippen LogP contribution in [-0.2, 0) is 0 Å². The molecular formula is C14H14N2O. The van der Waals surface area contributed by atoms with Gasteiger partial charge in [0.15, 0.2) is 0 Å². The molecule has 1 aliphatic rings. The summed E-state index contributed by atoms with van der Waals surface area (Å²) >= 11 is 0. The van der Waals surface area contributed by atoms with Gasteiger partial charge in [-0.05, 0) is 30.0 Å². The Hall–Kier alpha value is -2.03. The number of aromatic nitrogens is 1. The van der Waals surface area contributed by atoms with Crippen molar-refractivity contribution in [2.45, 2.75) is 18.8 Å². The fourth-order valence-corrected chi connectivity index (χ4v) is 2.09. The zero-order chi connectivity index (χ0) is 11.8. The molecule has 0 saturated heterocycles. The van der Waals surface area contributed by atoms with Gasteiger partial charge in [-0.1, -0.05) is 30.3 Å². The molecule has 17 heavy (non-hydrogen) atoms. The number of nitrogens with two attached hydrogens (primary N) is 1. The van der Waals surface area contributed by atoms with E-state index in [1.54, 1.807) is 6.07 Å². The molecule has 1 saturated carbocycles. The van der Waals surface area contributed by atoms with Crippen molar-refractivity contribution in [1.29, 1.82) is 0 Å². The van der Waals surface area contributed by atoms with Crippen molar-refractivity contribution >= 4 is 0 Å². The van der Waals surface area contributed by atoms with Gasteiger partial charge in [-0.15, -0.1) is 0 Å². The van der Waals surface area contributed by atoms with Crippen LogP contribution >= 0.6 is 0 Å². The predicted octanol–water partition coefficient (Wildman–Crippen LogP) is 2.11. The van der Waals surface area contributed by atoms with E-state index in [2.05, 4.69) is 0 Å². The summed E-state index contributed by atoms with van der Waals surface area (Å²) in [6, 6.07) is 13.6. The topological polar surface area (TPSA) is 48.0 Å². The first kappa shape index (κ1) is 10.1. The van der Waals surface area contributed by atoms with Crippen LogP contribution in [0.15, 0.2) is 47.3 Å². The normalized spacial score (nSPS) is 14.8. The highest BCUT2D eigenvalue weighted by Crippen LogP contribution is 2.39. The van der Waals surface area contributed by atoms with E-state index in [1.807, 2.05) is 36.4 Å². The zero-order valence-corrected chi connectivity index (χ0v) is 9.47. The van der Waals surface area contributed by atoms with Crippen molar-refractivity contribution in [2.24, 2.45) is 0 Å². The number of benzene rings is 1. The van der Waals surface area contributed by atoms with Gasteiger partial charge in [-0.3, -0.25) is 4.79 Å². The lowest BCUT2D eigenvalue weighted by atomic mass is 10.1. The quantitative estimate of drug-likeness (QED) is 0.797. The maximum Gasteiger partial charge on any atom is 0.269 e. The van der Waals surface area contributed by atoms with E-state index in [4.69, 9.17) is 5.84 Å². The highest BCUT2D eigenvalue weighted by molar-refractivity contribution is 5.63. The summed E-state index contributed by atoms with van der Waals surface area (Å²) in [4.78, 5) is 11.8. The average Bonchev–Trinajstić information content (AvgIpc) is 3.18. The van der Waals surface area contributed by atoms with Crippen molar-refractivity contribution in [3.8, 4) is 11.1 Å². The summed E-state index contributed by atoms with van der Waals surface area (Å²) in [7, 11) is 0. The third-order valence-corrected chi connectivity index (χ3v) is 3.20. The molecule has 1 aliphatic carbocycles. The number of nitrogens with zero attached hydrogens (tertiary/aromatic N) is 1. The highest BCUT2D eigenvalue weighted by Gasteiger charge is 2.27. The lowest BCUT2D eigenvalue weighted by Crippen LogP contribution is -2.29. The number of pyridine rings is 1. The van der Waals surface area contributed by atoms with E-state index in [0.717, 1.165) is 29.7 Å². The molecule has 3 nitrogen and oxygen atoms in total. The minimum atomic E-state index is -0.131. The maximum atomic E-state index is 11.8. The maximum absolute atomic E-state index is 11.8. The summed E-state index contributed by atoms with van der Waals surface area (Å²) < 4.78 is 1.28. The molecule has 86 valence electrons. The molecule has 0 bridgehead atoms. The Morgan fingerprint density at radius 1 is 1.06 bits per heavy atom. The van der Waals surface area contributed by atoms with Gasteiger partial charge in [0.25, 0.3) is 5.56 Å². The van der Waals surface area contributed by atoms with E-state index in [9.17, 15) is 4.79 Å². The first-order chi connectivity index (χ1) is 8.25. The van der Waals surface area contributed by atoms with E-state index in [0.29, 0.717) is 5.92 Å². The minimum absolute atomic E-state index is 0.131. The van der Waals surface area contributed by atoms with Gasteiger partial charge in [0.2, 0.25) is 0 Å². The first-order valence-corrected chi connectivity index (χ1v) is 5.83. The number of hydrogen-bond donors (Lipinski definition) is 1. The fourth-order valence-electron chi connectivity index (χ4n) is 2.09. The molecule has 1 fully saturated rings. The van der Waals surface area contributed by atoms with Crippen molar-refractivity contribution in [1.82, 2.24) is 4.68 Å².